The first-order valence-corrected chi connectivity index (χ1v) is 7.34. The summed E-state index contributed by atoms with van der Waals surface area (Å²) in [6, 6.07) is 12.7. The van der Waals surface area contributed by atoms with E-state index in [1.165, 1.54) is 30.9 Å². The highest BCUT2D eigenvalue weighted by Crippen LogP contribution is 2.40. The molecule has 2 N–H and O–H groups in total. The van der Waals surface area contributed by atoms with Gasteiger partial charge in [0.25, 0.3) is 0 Å². The highest BCUT2D eigenvalue weighted by molar-refractivity contribution is 6.30. The van der Waals surface area contributed by atoms with Gasteiger partial charge in [0.1, 0.15) is 5.82 Å². The number of benzene rings is 2. The molecule has 3 rings (SSSR count). The van der Waals surface area contributed by atoms with Crippen LogP contribution in [0.1, 0.15) is 47.9 Å². The monoisotopic (exact) mass is 289 g/mol. The van der Waals surface area contributed by atoms with Crippen molar-refractivity contribution < 1.29 is 4.39 Å². The van der Waals surface area contributed by atoms with Crippen molar-refractivity contribution in [1.29, 1.82) is 0 Å². The maximum Gasteiger partial charge on any atom is 0.141 e. The lowest BCUT2D eigenvalue weighted by Gasteiger charge is -2.29. The van der Waals surface area contributed by atoms with E-state index < -0.39 is 5.82 Å². The molecule has 1 saturated carbocycles. The summed E-state index contributed by atoms with van der Waals surface area (Å²) in [7, 11) is 0. The van der Waals surface area contributed by atoms with Crippen LogP contribution in [0.4, 0.5) is 4.39 Å². The van der Waals surface area contributed by atoms with Gasteiger partial charge in [0, 0.05) is 0 Å². The molecule has 0 aromatic heterocycles. The summed E-state index contributed by atoms with van der Waals surface area (Å²) in [5.41, 5.74) is 9.67. The molecule has 104 valence electrons. The summed E-state index contributed by atoms with van der Waals surface area (Å²) in [6.45, 7) is 0. The molecule has 0 spiro atoms. The van der Waals surface area contributed by atoms with Gasteiger partial charge in [-0.15, -0.1) is 0 Å². The number of hydrogen-bond acceptors (Lipinski definition) is 1. The highest BCUT2D eigenvalue weighted by Gasteiger charge is 2.24. The van der Waals surface area contributed by atoms with Crippen molar-refractivity contribution in [3.05, 3.63) is 70.0 Å². The van der Waals surface area contributed by atoms with Gasteiger partial charge in [-0.25, -0.2) is 4.39 Å². The lowest BCUT2D eigenvalue weighted by atomic mass is 9.76. The van der Waals surface area contributed by atoms with Crippen molar-refractivity contribution in [1.82, 2.24) is 0 Å². The second-order valence-electron chi connectivity index (χ2n) is 5.41. The van der Waals surface area contributed by atoms with E-state index in [1.807, 2.05) is 6.07 Å². The topological polar surface area (TPSA) is 26.0 Å². The molecule has 2 aromatic carbocycles. The average molecular weight is 290 g/mol. The lowest BCUT2D eigenvalue weighted by molar-refractivity contribution is 0.416. The molecule has 1 aliphatic carbocycles. The Morgan fingerprint density at radius 2 is 1.90 bits per heavy atom. The zero-order valence-electron chi connectivity index (χ0n) is 11.2. The normalized spacial score (nSPS) is 16.8. The average Bonchev–Trinajstić information content (AvgIpc) is 2.40. The van der Waals surface area contributed by atoms with Crippen molar-refractivity contribution in [2.24, 2.45) is 5.73 Å². The predicted octanol–water partition coefficient (Wildman–Crippen LogP) is 4.79. The van der Waals surface area contributed by atoms with Crippen molar-refractivity contribution in [2.45, 2.75) is 31.2 Å². The van der Waals surface area contributed by atoms with E-state index in [1.54, 1.807) is 12.1 Å². The van der Waals surface area contributed by atoms with Crippen LogP contribution in [0, 0.1) is 5.82 Å². The molecule has 0 bridgehead atoms. The third kappa shape index (κ3) is 2.46. The smallest absolute Gasteiger partial charge is 0.141 e. The third-order valence-electron chi connectivity index (χ3n) is 4.18. The summed E-state index contributed by atoms with van der Waals surface area (Å²) in [4.78, 5) is 0. The molecule has 3 heteroatoms. The van der Waals surface area contributed by atoms with Gasteiger partial charge in [0.05, 0.1) is 11.1 Å². The first kappa shape index (κ1) is 13.6. The third-order valence-corrected chi connectivity index (χ3v) is 4.47. The van der Waals surface area contributed by atoms with E-state index in [0.717, 1.165) is 11.1 Å². The maximum atomic E-state index is 13.3. The van der Waals surface area contributed by atoms with Gasteiger partial charge in [-0.3, -0.25) is 0 Å². The summed E-state index contributed by atoms with van der Waals surface area (Å²) in [5, 5.41) is 0.124. The van der Waals surface area contributed by atoms with Gasteiger partial charge in [0.2, 0.25) is 0 Å². The van der Waals surface area contributed by atoms with E-state index in [0.29, 0.717) is 5.92 Å². The molecule has 1 fully saturated rings. The predicted molar refractivity (Wildman–Crippen MR) is 80.5 cm³/mol. The molecule has 0 saturated heterocycles. The Morgan fingerprint density at radius 1 is 1.15 bits per heavy atom. The van der Waals surface area contributed by atoms with Gasteiger partial charge in [-0.1, -0.05) is 48.4 Å². The fourth-order valence-electron chi connectivity index (χ4n) is 2.77. The molecular weight excluding hydrogens is 273 g/mol. The van der Waals surface area contributed by atoms with Crippen LogP contribution in [0.3, 0.4) is 0 Å². The molecule has 0 aliphatic heterocycles. The fraction of sp³-hybridized carbons (Fsp3) is 0.294. The number of hydrogen-bond donors (Lipinski definition) is 1. The number of halogens is 2. The minimum Gasteiger partial charge on any atom is -0.320 e. The fourth-order valence-corrected chi connectivity index (χ4v) is 2.96. The molecule has 0 radical (unpaired) electrons. The zero-order valence-corrected chi connectivity index (χ0v) is 11.9. The van der Waals surface area contributed by atoms with Crippen LogP contribution in [0.15, 0.2) is 42.5 Å². The molecule has 20 heavy (non-hydrogen) atoms. The Balaban J connectivity index is 1.97. The van der Waals surface area contributed by atoms with Crippen molar-refractivity contribution >= 4 is 11.6 Å². The van der Waals surface area contributed by atoms with Crippen LogP contribution < -0.4 is 5.73 Å². The number of rotatable bonds is 3. The largest absolute Gasteiger partial charge is 0.320 e. The molecule has 1 aliphatic rings. The SMILES string of the molecule is NC(c1ccc(F)c(Cl)c1)c1ccccc1C1CCC1. The van der Waals surface area contributed by atoms with Crippen LogP contribution in [0.25, 0.3) is 0 Å². The van der Waals surface area contributed by atoms with E-state index in [4.69, 9.17) is 17.3 Å². The summed E-state index contributed by atoms with van der Waals surface area (Å²) in [5.74, 6) is 0.211. The lowest BCUT2D eigenvalue weighted by Crippen LogP contribution is -2.18. The Bertz CT molecular complexity index is 622. The number of nitrogens with two attached hydrogens (primary N) is 1. The maximum absolute atomic E-state index is 13.3. The Morgan fingerprint density at radius 3 is 2.55 bits per heavy atom. The minimum atomic E-state index is -0.408. The Kier molecular flexibility index (Phi) is 3.77. The molecule has 1 nitrogen and oxygen atoms in total. The first-order valence-electron chi connectivity index (χ1n) is 6.96. The van der Waals surface area contributed by atoms with Gasteiger partial charge < -0.3 is 5.73 Å². The molecule has 0 amide bonds. The van der Waals surface area contributed by atoms with Gasteiger partial charge in [-0.05, 0) is 47.6 Å². The highest BCUT2D eigenvalue weighted by atomic mass is 35.5. The van der Waals surface area contributed by atoms with Crippen LogP contribution >= 0.6 is 11.6 Å². The zero-order chi connectivity index (χ0) is 14.1. The second-order valence-corrected chi connectivity index (χ2v) is 5.82. The molecule has 1 unspecified atom stereocenters. The van der Waals surface area contributed by atoms with Gasteiger partial charge >= 0.3 is 0 Å². The molecular formula is C17H17ClFN. The van der Waals surface area contributed by atoms with Crippen LogP contribution in [-0.2, 0) is 0 Å². The van der Waals surface area contributed by atoms with E-state index in [2.05, 4.69) is 18.2 Å². The van der Waals surface area contributed by atoms with E-state index >= 15 is 0 Å². The molecule has 2 aromatic rings. The van der Waals surface area contributed by atoms with Crippen LogP contribution in [0.2, 0.25) is 5.02 Å². The van der Waals surface area contributed by atoms with Crippen molar-refractivity contribution in [3.63, 3.8) is 0 Å². The van der Waals surface area contributed by atoms with Crippen LogP contribution in [-0.4, -0.2) is 0 Å². The first-order chi connectivity index (χ1) is 9.66. The van der Waals surface area contributed by atoms with E-state index in [-0.39, 0.29) is 11.1 Å². The molecule has 0 heterocycles. The quantitative estimate of drug-likeness (QED) is 0.863. The Hall–Kier alpha value is -1.38. The summed E-state index contributed by atoms with van der Waals surface area (Å²) in [6.07, 6.45) is 3.75. The summed E-state index contributed by atoms with van der Waals surface area (Å²) >= 11 is 5.86. The standard InChI is InChI=1S/C17H17ClFN/c18-15-10-12(8-9-16(15)19)17(20)14-7-2-1-6-13(14)11-4-3-5-11/h1-2,6-11,17H,3-5,20H2. The van der Waals surface area contributed by atoms with E-state index in [9.17, 15) is 4.39 Å². The minimum absolute atomic E-state index is 0.124. The van der Waals surface area contributed by atoms with Gasteiger partial charge in [-0.2, -0.15) is 0 Å². The summed E-state index contributed by atoms with van der Waals surface area (Å²) < 4.78 is 13.3. The second kappa shape index (κ2) is 5.55. The van der Waals surface area contributed by atoms with Crippen molar-refractivity contribution in [3.8, 4) is 0 Å². The molecule has 1 atom stereocenters. The van der Waals surface area contributed by atoms with Crippen LogP contribution in [0.5, 0.6) is 0 Å². The Labute approximate surface area is 123 Å². The van der Waals surface area contributed by atoms with Crippen molar-refractivity contribution in [2.75, 3.05) is 0 Å². The van der Waals surface area contributed by atoms with Gasteiger partial charge in [0.15, 0.2) is 0 Å².